The highest BCUT2D eigenvalue weighted by Crippen LogP contribution is 2.39. The average molecular weight is 355 g/mol. The molecule has 1 aromatic rings. The van der Waals surface area contributed by atoms with Crippen molar-refractivity contribution in [3.05, 3.63) is 11.6 Å². The average Bonchev–Trinajstić information content (AvgIpc) is 2.82. The maximum atomic E-state index is 12.4. The zero-order valence-electron chi connectivity index (χ0n) is 11.3. The Morgan fingerprint density at radius 1 is 1.57 bits per heavy atom. The molecule has 0 bridgehead atoms. The van der Waals surface area contributed by atoms with E-state index in [1.807, 2.05) is 6.92 Å². The van der Waals surface area contributed by atoms with E-state index >= 15 is 0 Å². The third kappa shape index (κ3) is 3.13. The van der Waals surface area contributed by atoms with Crippen molar-refractivity contribution in [2.45, 2.75) is 21.4 Å². The summed E-state index contributed by atoms with van der Waals surface area (Å²) in [5, 5.41) is 17.2. The van der Waals surface area contributed by atoms with Gasteiger partial charge in [-0.05, 0) is 12.6 Å². The minimum absolute atomic E-state index is 0.0304. The fraction of sp³-hybridized carbons (Fsp3) is 0.600. The normalized spacial score (nSPS) is 22.1. The van der Waals surface area contributed by atoms with Gasteiger partial charge in [-0.2, -0.15) is 4.31 Å². The summed E-state index contributed by atoms with van der Waals surface area (Å²) in [7, 11) is -7.76. The minimum Gasteiger partial charge on any atom is -0.395 e. The number of nitrogens with one attached hydrogen (secondary N) is 1. The number of sulfonamides is 2. The lowest BCUT2D eigenvalue weighted by Crippen LogP contribution is -2.44. The largest absolute Gasteiger partial charge is 0.395 e. The van der Waals surface area contributed by atoms with Crippen LogP contribution in [-0.2, 0) is 20.0 Å². The molecule has 1 aliphatic heterocycles. The lowest BCUT2D eigenvalue weighted by Gasteiger charge is -2.31. The van der Waals surface area contributed by atoms with E-state index in [1.54, 1.807) is 0 Å². The summed E-state index contributed by atoms with van der Waals surface area (Å²) in [6.07, 6.45) is 0. The Hall–Kier alpha value is -0.560. The van der Waals surface area contributed by atoms with Crippen LogP contribution in [0, 0.1) is 0 Å². The molecule has 4 N–H and O–H groups in total. The van der Waals surface area contributed by atoms with Crippen LogP contribution in [0.3, 0.4) is 0 Å². The van der Waals surface area contributed by atoms with Gasteiger partial charge >= 0.3 is 0 Å². The van der Waals surface area contributed by atoms with Crippen molar-refractivity contribution in [3.8, 4) is 0 Å². The first kappa shape index (κ1) is 16.8. The Labute approximate surface area is 127 Å². The lowest BCUT2D eigenvalue weighted by atomic mass is 10.1. The number of primary sulfonamides is 1. The highest BCUT2D eigenvalue weighted by molar-refractivity contribution is 7.94. The molecule has 0 unspecified atom stereocenters. The predicted octanol–water partition coefficient (Wildman–Crippen LogP) is -0.957. The predicted molar refractivity (Wildman–Crippen MR) is 78.0 cm³/mol. The number of β-amino-alcohol motifs (C(OH)–C–C–N with tert-alkyl or cyclic N) is 1. The van der Waals surface area contributed by atoms with Crippen LogP contribution >= 0.6 is 11.3 Å². The first-order valence-corrected chi connectivity index (χ1v) is 10.0. The van der Waals surface area contributed by atoms with Gasteiger partial charge in [0.05, 0.1) is 6.61 Å². The molecule has 0 fully saturated rings. The summed E-state index contributed by atoms with van der Waals surface area (Å²) < 4.78 is 48.7. The molecule has 120 valence electrons. The summed E-state index contributed by atoms with van der Waals surface area (Å²) >= 11 is 0.644. The number of thiophene rings is 1. The highest BCUT2D eigenvalue weighted by Gasteiger charge is 2.39. The van der Waals surface area contributed by atoms with E-state index in [1.165, 1.54) is 6.07 Å². The Kier molecular flexibility index (Phi) is 4.73. The molecule has 0 saturated carbocycles. The number of nitrogens with zero attached hydrogens (tertiary/aromatic N) is 1. The number of hydrogen-bond donors (Lipinski definition) is 3. The Morgan fingerprint density at radius 3 is 2.76 bits per heavy atom. The van der Waals surface area contributed by atoms with Gasteiger partial charge in [-0.1, -0.05) is 6.92 Å². The zero-order chi connectivity index (χ0) is 15.8. The van der Waals surface area contributed by atoms with Gasteiger partial charge in [0, 0.05) is 24.7 Å². The summed E-state index contributed by atoms with van der Waals surface area (Å²) in [6, 6.07) is 0.989. The van der Waals surface area contributed by atoms with Crippen LogP contribution in [0.25, 0.3) is 0 Å². The molecule has 1 aliphatic rings. The van der Waals surface area contributed by atoms with E-state index < -0.39 is 20.0 Å². The van der Waals surface area contributed by atoms with Gasteiger partial charge < -0.3 is 10.4 Å². The molecule has 11 heteroatoms. The van der Waals surface area contributed by atoms with Crippen molar-refractivity contribution in [1.29, 1.82) is 0 Å². The molecule has 1 atom stereocenters. The molecule has 0 saturated heterocycles. The smallest absolute Gasteiger partial charge is 0.253 e. The number of fused-ring (bicyclic) bond motifs is 1. The minimum atomic E-state index is -3.96. The number of aliphatic hydroxyl groups excluding tert-OH is 1. The van der Waals surface area contributed by atoms with Crippen molar-refractivity contribution >= 4 is 31.4 Å². The van der Waals surface area contributed by atoms with Gasteiger partial charge in [-0.3, -0.25) is 0 Å². The van der Waals surface area contributed by atoms with Gasteiger partial charge in [0.1, 0.15) is 8.42 Å². The maximum absolute atomic E-state index is 12.4. The van der Waals surface area contributed by atoms with Crippen molar-refractivity contribution in [3.63, 3.8) is 0 Å². The van der Waals surface area contributed by atoms with Crippen LogP contribution in [0.15, 0.2) is 14.5 Å². The van der Waals surface area contributed by atoms with Crippen LogP contribution in [-0.4, -0.2) is 52.5 Å². The van der Waals surface area contributed by atoms with Crippen molar-refractivity contribution in [2.24, 2.45) is 5.14 Å². The molecule has 0 aliphatic carbocycles. The van der Waals surface area contributed by atoms with Crippen LogP contribution in [0.2, 0.25) is 0 Å². The van der Waals surface area contributed by atoms with Crippen molar-refractivity contribution < 1.29 is 21.9 Å². The monoisotopic (exact) mass is 355 g/mol. The Bertz CT molecular complexity index is 725. The van der Waals surface area contributed by atoms with Crippen LogP contribution in [0.1, 0.15) is 18.5 Å². The standard InChI is InChI=1S/C10H17N3O5S3/c1-2-12-8-6-13(3-4-14)21(17,18)10-7(8)5-9(19-10)20(11,15)16/h5,8,12,14H,2-4,6H2,1H3,(H2,11,15,16)/t8-/m0/s1. The van der Waals surface area contributed by atoms with E-state index in [-0.39, 0.29) is 34.2 Å². The van der Waals surface area contributed by atoms with E-state index in [0.717, 1.165) is 4.31 Å². The molecule has 0 amide bonds. The zero-order valence-corrected chi connectivity index (χ0v) is 13.8. The summed E-state index contributed by atoms with van der Waals surface area (Å²) in [6.45, 7) is 2.27. The van der Waals surface area contributed by atoms with Gasteiger partial charge in [0.15, 0.2) is 0 Å². The second-order valence-corrected chi connectivity index (χ2v) is 9.52. The quantitative estimate of drug-likeness (QED) is 0.624. The molecule has 0 radical (unpaired) electrons. The second kappa shape index (κ2) is 5.91. The number of nitrogens with two attached hydrogens (primary N) is 1. The molecule has 8 nitrogen and oxygen atoms in total. The topological polar surface area (TPSA) is 130 Å². The molecular formula is C10H17N3O5S3. The van der Waals surface area contributed by atoms with Crippen molar-refractivity contribution in [2.75, 3.05) is 26.2 Å². The summed E-state index contributed by atoms with van der Waals surface area (Å²) in [5.74, 6) is 0. The molecule has 0 aromatic carbocycles. The van der Waals surface area contributed by atoms with Crippen LogP contribution in [0.4, 0.5) is 0 Å². The number of rotatable bonds is 5. The third-order valence-electron chi connectivity index (χ3n) is 3.12. The van der Waals surface area contributed by atoms with Gasteiger partial charge in [-0.25, -0.2) is 22.0 Å². The van der Waals surface area contributed by atoms with Gasteiger partial charge in [0.2, 0.25) is 10.0 Å². The molecule has 2 heterocycles. The molecule has 21 heavy (non-hydrogen) atoms. The highest BCUT2D eigenvalue weighted by atomic mass is 32.3. The number of aliphatic hydroxyl groups is 1. The Morgan fingerprint density at radius 2 is 2.24 bits per heavy atom. The Balaban J connectivity index is 2.59. The van der Waals surface area contributed by atoms with E-state index in [9.17, 15) is 16.8 Å². The van der Waals surface area contributed by atoms with E-state index in [4.69, 9.17) is 10.2 Å². The van der Waals surface area contributed by atoms with E-state index in [0.29, 0.717) is 23.4 Å². The molecule has 2 rings (SSSR count). The van der Waals surface area contributed by atoms with Crippen molar-refractivity contribution in [1.82, 2.24) is 9.62 Å². The summed E-state index contributed by atoms with van der Waals surface area (Å²) in [4.78, 5) is 0. The molecular weight excluding hydrogens is 338 g/mol. The second-order valence-electron chi connectivity index (χ2n) is 4.55. The lowest BCUT2D eigenvalue weighted by molar-refractivity contribution is 0.240. The molecule has 1 aromatic heterocycles. The first-order valence-electron chi connectivity index (χ1n) is 6.22. The summed E-state index contributed by atoms with van der Waals surface area (Å²) in [5.41, 5.74) is 0.417. The third-order valence-corrected chi connectivity index (χ3v) is 8.08. The molecule has 0 spiro atoms. The van der Waals surface area contributed by atoms with Crippen LogP contribution < -0.4 is 10.5 Å². The van der Waals surface area contributed by atoms with Gasteiger partial charge in [0.25, 0.3) is 10.0 Å². The first-order chi connectivity index (χ1) is 9.71. The maximum Gasteiger partial charge on any atom is 0.253 e. The van der Waals surface area contributed by atoms with Crippen LogP contribution in [0.5, 0.6) is 0 Å². The SMILES string of the molecule is CCN[C@H]1CN(CCO)S(=O)(=O)c2sc(S(N)(=O)=O)cc21. The van der Waals surface area contributed by atoms with E-state index in [2.05, 4.69) is 5.32 Å². The van der Waals surface area contributed by atoms with Gasteiger partial charge in [-0.15, -0.1) is 11.3 Å². The fourth-order valence-corrected chi connectivity index (χ4v) is 6.47. The number of hydrogen-bond acceptors (Lipinski definition) is 7. The fourth-order valence-electron chi connectivity index (χ4n) is 2.21. The number of likely N-dealkylation sites (N-methyl/N-ethyl adjacent to an activating group) is 1.